The first-order valence-electron chi connectivity index (χ1n) is 9.04. The number of para-hydroxylation sites is 1. The monoisotopic (exact) mass is 385 g/mol. The van der Waals surface area contributed by atoms with Crippen LogP contribution in [0.4, 0.5) is 5.95 Å². The molecule has 3 heterocycles. The Balaban J connectivity index is 1.71. The Morgan fingerprint density at radius 2 is 1.85 bits per heavy atom. The van der Waals surface area contributed by atoms with Crippen LogP contribution in [0.15, 0.2) is 33.9 Å². The molecule has 0 amide bonds. The van der Waals surface area contributed by atoms with E-state index in [0.717, 1.165) is 52.7 Å². The zero-order valence-corrected chi connectivity index (χ0v) is 16.6. The van der Waals surface area contributed by atoms with Crippen molar-refractivity contribution in [2.75, 3.05) is 31.2 Å². The molecule has 0 spiro atoms. The van der Waals surface area contributed by atoms with Gasteiger partial charge in [-0.05, 0) is 32.4 Å². The van der Waals surface area contributed by atoms with Crippen molar-refractivity contribution in [3.05, 3.63) is 46.8 Å². The first kappa shape index (κ1) is 18.1. The number of nitrogens with zero attached hydrogens (tertiary/aromatic N) is 5. The lowest BCUT2D eigenvalue weighted by Gasteiger charge is -2.28. The molecule has 1 saturated heterocycles. The predicted octanol–water partition coefficient (Wildman–Crippen LogP) is 3.31. The van der Waals surface area contributed by atoms with Crippen molar-refractivity contribution in [3.8, 4) is 5.69 Å². The minimum atomic E-state index is 0.711. The molecule has 1 aromatic carbocycles. The number of ether oxygens (including phenoxy) is 1. The summed E-state index contributed by atoms with van der Waals surface area (Å²) < 4.78 is 12.9. The van der Waals surface area contributed by atoms with Gasteiger partial charge in [0.25, 0.3) is 0 Å². The molecular weight excluding hydrogens is 362 g/mol. The molecule has 8 heteroatoms. The van der Waals surface area contributed by atoms with E-state index in [1.807, 2.05) is 26.0 Å². The highest BCUT2D eigenvalue weighted by Gasteiger charge is 2.23. The van der Waals surface area contributed by atoms with Crippen molar-refractivity contribution < 1.29 is 9.26 Å². The van der Waals surface area contributed by atoms with Crippen LogP contribution in [0.25, 0.3) is 5.69 Å². The van der Waals surface area contributed by atoms with E-state index in [2.05, 4.69) is 43.9 Å². The van der Waals surface area contributed by atoms with Gasteiger partial charge in [-0.1, -0.05) is 35.1 Å². The fourth-order valence-corrected chi connectivity index (χ4v) is 4.29. The van der Waals surface area contributed by atoms with Crippen LogP contribution in [0.3, 0.4) is 0 Å². The smallest absolute Gasteiger partial charge is 0.232 e. The maximum Gasteiger partial charge on any atom is 0.232 e. The summed E-state index contributed by atoms with van der Waals surface area (Å²) in [7, 11) is 0. The molecule has 0 radical (unpaired) electrons. The van der Waals surface area contributed by atoms with E-state index in [4.69, 9.17) is 9.26 Å². The predicted molar refractivity (Wildman–Crippen MR) is 105 cm³/mol. The number of aromatic nitrogens is 4. The van der Waals surface area contributed by atoms with E-state index in [1.165, 1.54) is 5.56 Å². The van der Waals surface area contributed by atoms with Crippen LogP contribution in [-0.4, -0.2) is 46.2 Å². The zero-order valence-electron chi connectivity index (χ0n) is 15.8. The number of anilines is 1. The van der Waals surface area contributed by atoms with Crippen LogP contribution in [0, 0.1) is 20.8 Å². The average Bonchev–Trinajstić information content (AvgIpc) is 3.24. The van der Waals surface area contributed by atoms with Gasteiger partial charge in [0.2, 0.25) is 5.95 Å². The summed E-state index contributed by atoms with van der Waals surface area (Å²) in [6.07, 6.45) is 0. The van der Waals surface area contributed by atoms with Crippen LogP contribution >= 0.6 is 11.8 Å². The third kappa shape index (κ3) is 3.59. The molecule has 1 aliphatic heterocycles. The van der Waals surface area contributed by atoms with Gasteiger partial charge in [-0.25, -0.2) is 0 Å². The summed E-state index contributed by atoms with van der Waals surface area (Å²) in [5.41, 5.74) is 4.33. The molecule has 27 heavy (non-hydrogen) atoms. The number of morpholine rings is 1. The first-order valence-corrected chi connectivity index (χ1v) is 10.0. The molecule has 2 aromatic heterocycles. The second-order valence-electron chi connectivity index (χ2n) is 6.60. The fraction of sp³-hybridized carbons (Fsp3) is 0.421. The SMILES string of the molecule is Cc1ccccc1-n1c(SCc2c(C)noc2C)nnc1N1CCOCC1. The Labute approximate surface area is 162 Å². The maximum absolute atomic E-state index is 5.50. The van der Waals surface area contributed by atoms with E-state index >= 15 is 0 Å². The minimum Gasteiger partial charge on any atom is -0.378 e. The fourth-order valence-electron chi connectivity index (χ4n) is 3.19. The largest absolute Gasteiger partial charge is 0.378 e. The van der Waals surface area contributed by atoms with Gasteiger partial charge in [0.15, 0.2) is 5.16 Å². The van der Waals surface area contributed by atoms with E-state index in [-0.39, 0.29) is 0 Å². The molecule has 0 atom stereocenters. The lowest BCUT2D eigenvalue weighted by Crippen LogP contribution is -2.38. The van der Waals surface area contributed by atoms with Gasteiger partial charge in [-0.2, -0.15) is 0 Å². The lowest BCUT2D eigenvalue weighted by atomic mass is 10.2. The molecule has 1 fully saturated rings. The first-order chi connectivity index (χ1) is 13.1. The van der Waals surface area contributed by atoms with Crippen LogP contribution in [0.1, 0.15) is 22.6 Å². The van der Waals surface area contributed by atoms with Crippen molar-refractivity contribution in [1.82, 2.24) is 19.9 Å². The Morgan fingerprint density at radius 3 is 2.56 bits per heavy atom. The van der Waals surface area contributed by atoms with E-state index in [0.29, 0.717) is 13.2 Å². The van der Waals surface area contributed by atoms with Crippen LogP contribution < -0.4 is 4.90 Å². The second kappa shape index (κ2) is 7.74. The summed E-state index contributed by atoms with van der Waals surface area (Å²) in [5.74, 6) is 2.47. The molecule has 3 aromatic rings. The van der Waals surface area contributed by atoms with Gasteiger partial charge >= 0.3 is 0 Å². The van der Waals surface area contributed by atoms with Gasteiger partial charge in [0, 0.05) is 24.4 Å². The highest BCUT2D eigenvalue weighted by atomic mass is 32.2. The Bertz CT molecular complexity index is 911. The number of rotatable bonds is 5. The summed E-state index contributed by atoms with van der Waals surface area (Å²) in [5, 5.41) is 14.0. The molecular formula is C19H23N5O2S. The molecule has 0 aliphatic carbocycles. The van der Waals surface area contributed by atoms with Crippen molar-refractivity contribution in [2.45, 2.75) is 31.7 Å². The van der Waals surface area contributed by atoms with Crippen LogP contribution in [0.5, 0.6) is 0 Å². The Hall–Kier alpha value is -2.32. The van der Waals surface area contributed by atoms with Gasteiger partial charge in [0.05, 0.1) is 24.6 Å². The quantitative estimate of drug-likeness (QED) is 0.624. The van der Waals surface area contributed by atoms with Gasteiger partial charge in [-0.3, -0.25) is 4.57 Å². The van der Waals surface area contributed by atoms with Gasteiger partial charge in [-0.15, -0.1) is 10.2 Å². The summed E-state index contributed by atoms with van der Waals surface area (Å²) >= 11 is 1.65. The molecule has 0 bridgehead atoms. The highest BCUT2D eigenvalue weighted by molar-refractivity contribution is 7.98. The van der Waals surface area contributed by atoms with Gasteiger partial charge < -0.3 is 14.2 Å². The number of benzene rings is 1. The van der Waals surface area contributed by atoms with E-state index < -0.39 is 0 Å². The average molecular weight is 385 g/mol. The summed E-state index contributed by atoms with van der Waals surface area (Å²) in [6, 6.07) is 8.33. The topological polar surface area (TPSA) is 69.2 Å². The number of hydrogen-bond donors (Lipinski definition) is 0. The van der Waals surface area contributed by atoms with E-state index in [9.17, 15) is 0 Å². The molecule has 4 rings (SSSR count). The molecule has 0 saturated carbocycles. The minimum absolute atomic E-state index is 0.711. The van der Waals surface area contributed by atoms with Crippen molar-refractivity contribution in [3.63, 3.8) is 0 Å². The second-order valence-corrected chi connectivity index (χ2v) is 7.54. The number of thioether (sulfide) groups is 1. The Kier molecular flexibility index (Phi) is 5.18. The van der Waals surface area contributed by atoms with Crippen molar-refractivity contribution in [1.29, 1.82) is 0 Å². The zero-order chi connectivity index (χ0) is 18.8. The maximum atomic E-state index is 5.50. The van der Waals surface area contributed by atoms with Gasteiger partial charge in [0.1, 0.15) is 5.76 Å². The summed E-state index contributed by atoms with van der Waals surface area (Å²) in [4.78, 5) is 2.24. The lowest BCUT2D eigenvalue weighted by molar-refractivity contribution is 0.122. The Morgan fingerprint density at radius 1 is 1.07 bits per heavy atom. The molecule has 0 N–H and O–H groups in total. The van der Waals surface area contributed by atoms with Crippen LogP contribution in [0.2, 0.25) is 0 Å². The van der Waals surface area contributed by atoms with Crippen LogP contribution in [-0.2, 0) is 10.5 Å². The molecule has 7 nitrogen and oxygen atoms in total. The third-order valence-electron chi connectivity index (χ3n) is 4.79. The number of hydrogen-bond acceptors (Lipinski definition) is 7. The molecule has 0 unspecified atom stereocenters. The van der Waals surface area contributed by atoms with Crippen molar-refractivity contribution >= 4 is 17.7 Å². The third-order valence-corrected chi connectivity index (χ3v) is 5.75. The standard InChI is InChI=1S/C19H23N5O2S/c1-13-6-4-5-7-17(13)24-18(23-8-10-25-11-9-23)20-21-19(24)27-12-16-14(2)22-26-15(16)3/h4-7H,8-12H2,1-3H3. The summed E-state index contributed by atoms with van der Waals surface area (Å²) in [6.45, 7) is 9.08. The normalized spacial score (nSPS) is 14.7. The molecule has 1 aliphatic rings. The number of aryl methyl sites for hydroxylation is 3. The highest BCUT2D eigenvalue weighted by Crippen LogP contribution is 2.31. The molecule has 142 valence electrons. The van der Waals surface area contributed by atoms with Crippen molar-refractivity contribution in [2.24, 2.45) is 0 Å². The van der Waals surface area contributed by atoms with E-state index in [1.54, 1.807) is 11.8 Å².